The zero-order valence-electron chi connectivity index (χ0n) is 12.7. The molecule has 0 aliphatic heterocycles. The molecular formula is C17H18ClN3O2. The molecule has 3 N–H and O–H groups in total. The normalized spacial score (nSPS) is 10.0. The number of anilines is 2. The summed E-state index contributed by atoms with van der Waals surface area (Å²) in [5, 5.41) is 8.70. The van der Waals surface area contributed by atoms with Gasteiger partial charge in [0.05, 0.1) is 0 Å². The number of rotatable bonds is 5. The average Bonchev–Trinajstić information content (AvgIpc) is 2.53. The van der Waals surface area contributed by atoms with E-state index in [1.54, 1.807) is 30.3 Å². The second-order valence-electron chi connectivity index (χ2n) is 4.96. The molecule has 3 amide bonds. The first-order chi connectivity index (χ1) is 11.1. The van der Waals surface area contributed by atoms with Gasteiger partial charge in [-0.25, -0.2) is 4.79 Å². The predicted octanol–water partition coefficient (Wildman–Crippen LogP) is 3.80. The quantitative estimate of drug-likeness (QED) is 0.780. The third kappa shape index (κ3) is 5.30. The minimum absolute atomic E-state index is 0.175. The SMILES string of the molecule is Cc1c(Cl)cccc1NC(=O)CCNC(=O)Nc1ccccc1. The van der Waals surface area contributed by atoms with Crippen molar-refractivity contribution in [3.05, 3.63) is 59.1 Å². The molecule has 6 heteroatoms. The molecule has 2 aromatic rings. The molecule has 0 heterocycles. The fourth-order valence-electron chi connectivity index (χ4n) is 1.94. The lowest BCUT2D eigenvalue weighted by Crippen LogP contribution is -2.31. The Labute approximate surface area is 140 Å². The Balaban J connectivity index is 1.74. The van der Waals surface area contributed by atoms with E-state index in [-0.39, 0.29) is 24.9 Å². The highest BCUT2D eigenvalue weighted by atomic mass is 35.5. The van der Waals surface area contributed by atoms with E-state index in [1.165, 1.54) is 0 Å². The largest absolute Gasteiger partial charge is 0.337 e. The van der Waals surface area contributed by atoms with E-state index in [0.29, 0.717) is 16.4 Å². The lowest BCUT2D eigenvalue weighted by molar-refractivity contribution is -0.116. The van der Waals surface area contributed by atoms with Gasteiger partial charge in [-0.1, -0.05) is 35.9 Å². The maximum Gasteiger partial charge on any atom is 0.319 e. The second kappa shape index (κ2) is 8.19. The Morgan fingerprint density at radius 1 is 1.00 bits per heavy atom. The minimum Gasteiger partial charge on any atom is -0.337 e. The maximum atomic E-state index is 11.9. The summed E-state index contributed by atoms with van der Waals surface area (Å²) in [6.07, 6.45) is 0.175. The molecule has 0 atom stereocenters. The van der Waals surface area contributed by atoms with Gasteiger partial charge in [0, 0.05) is 29.4 Å². The van der Waals surface area contributed by atoms with Crippen molar-refractivity contribution < 1.29 is 9.59 Å². The van der Waals surface area contributed by atoms with E-state index < -0.39 is 0 Å². The van der Waals surface area contributed by atoms with Crippen LogP contribution in [0.3, 0.4) is 0 Å². The number of para-hydroxylation sites is 1. The lowest BCUT2D eigenvalue weighted by Gasteiger charge is -2.10. The van der Waals surface area contributed by atoms with Gasteiger partial charge in [-0.15, -0.1) is 0 Å². The standard InChI is InChI=1S/C17H18ClN3O2/c1-12-14(18)8-5-9-15(12)21-16(22)10-11-19-17(23)20-13-6-3-2-4-7-13/h2-9H,10-11H2,1H3,(H,21,22)(H2,19,20,23). The number of carbonyl (C=O) groups is 2. The number of benzene rings is 2. The first-order valence-electron chi connectivity index (χ1n) is 7.21. The summed E-state index contributed by atoms with van der Waals surface area (Å²) < 4.78 is 0. The molecule has 0 fully saturated rings. The number of urea groups is 1. The highest BCUT2D eigenvalue weighted by Gasteiger charge is 2.07. The van der Waals surface area contributed by atoms with Crippen LogP contribution in [-0.2, 0) is 4.79 Å². The molecule has 0 bridgehead atoms. The van der Waals surface area contributed by atoms with Crippen LogP contribution < -0.4 is 16.0 Å². The Morgan fingerprint density at radius 2 is 1.74 bits per heavy atom. The fourth-order valence-corrected chi connectivity index (χ4v) is 2.12. The van der Waals surface area contributed by atoms with Gasteiger partial charge in [-0.05, 0) is 36.8 Å². The van der Waals surface area contributed by atoms with Gasteiger partial charge >= 0.3 is 6.03 Å². The van der Waals surface area contributed by atoms with Gasteiger partial charge in [0.1, 0.15) is 0 Å². The van der Waals surface area contributed by atoms with Crippen molar-refractivity contribution in [2.24, 2.45) is 0 Å². The van der Waals surface area contributed by atoms with Crippen molar-refractivity contribution in [3.63, 3.8) is 0 Å². The number of halogens is 1. The Morgan fingerprint density at radius 3 is 2.48 bits per heavy atom. The molecule has 2 aromatic carbocycles. The van der Waals surface area contributed by atoms with E-state index in [9.17, 15) is 9.59 Å². The summed E-state index contributed by atoms with van der Waals surface area (Å²) in [6.45, 7) is 2.08. The van der Waals surface area contributed by atoms with Gasteiger partial charge in [0.15, 0.2) is 0 Å². The fraction of sp³-hybridized carbons (Fsp3) is 0.176. The van der Waals surface area contributed by atoms with Gasteiger partial charge in [0.25, 0.3) is 0 Å². The van der Waals surface area contributed by atoms with E-state index >= 15 is 0 Å². The van der Waals surface area contributed by atoms with Crippen LogP contribution >= 0.6 is 11.6 Å². The average molecular weight is 332 g/mol. The van der Waals surface area contributed by atoms with Crippen LogP contribution in [0.15, 0.2) is 48.5 Å². The number of hydrogen-bond acceptors (Lipinski definition) is 2. The third-order valence-electron chi connectivity index (χ3n) is 3.21. The van der Waals surface area contributed by atoms with Gasteiger partial charge in [0.2, 0.25) is 5.91 Å². The van der Waals surface area contributed by atoms with Crippen molar-refractivity contribution in [3.8, 4) is 0 Å². The topological polar surface area (TPSA) is 70.2 Å². The molecular weight excluding hydrogens is 314 g/mol. The number of carbonyl (C=O) groups excluding carboxylic acids is 2. The molecule has 0 aliphatic rings. The number of amides is 3. The molecule has 0 saturated carbocycles. The molecule has 0 saturated heterocycles. The molecule has 0 radical (unpaired) electrons. The van der Waals surface area contributed by atoms with Crippen molar-refractivity contribution in [2.45, 2.75) is 13.3 Å². The highest BCUT2D eigenvalue weighted by molar-refractivity contribution is 6.31. The number of hydrogen-bond donors (Lipinski definition) is 3. The molecule has 5 nitrogen and oxygen atoms in total. The van der Waals surface area contributed by atoms with Gasteiger partial charge in [-0.3, -0.25) is 4.79 Å². The van der Waals surface area contributed by atoms with E-state index in [4.69, 9.17) is 11.6 Å². The summed E-state index contributed by atoms with van der Waals surface area (Å²) in [7, 11) is 0. The van der Waals surface area contributed by atoms with Crippen molar-refractivity contribution in [1.82, 2.24) is 5.32 Å². The molecule has 0 unspecified atom stereocenters. The molecule has 120 valence electrons. The number of nitrogens with one attached hydrogen (secondary N) is 3. The summed E-state index contributed by atoms with van der Waals surface area (Å²) >= 11 is 6.00. The van der Waals surface area contributed by atoms with E-state index in [2.05, 4.69) is 16.0 Å². The van der Waals surface area contributed by atoms with Gasteiger partial charge < -0.3 is 16.0 Å². The zero-order chi connectivity index (χ0) is 16.7. The van der Waals surface area contributed by atoms with Crippen LogP contribution in [0.2, 0.25) is 5.02 Å². The second-order valence-corrected chi connectivity index (χ2v) is 5.36. The third-order valence-corrected chi connectivity index (χ3v) is 3.62. The van der Waals surface area contributed by atoms with E-state index in [1.807, 2.05) is 25.1 Å². The molecule has 0 aliphatic carbocycles. The monoisotopic (exact) mass is 331 g/mol. The van der Waals surface area contributed by atoms with Gasteiger partial charge in [-0.2, -0.15) is 0 Å². The van der Waals surface area contributed by atoms with Crippen LogP contribution in [0.1, 0.15) is 12.0 Å². The van der Waals surface area contributed by atoms with Crippen LogP contribution in [0.25, 0.3) is 0 Å². The van der Waals surface area contributed by atoms with Crippen molar-refractivity contribution in [2.75, 3.05) is 17.2 Å². The Hall–Kier alpha value is -2.53. The Kier molecular flexibility index (Phi) is 6.00. The summed E-state index contributed by atoms with van der Waals surface area (Å²) in [5.41, 5.74) is 2.19. The highest BCUT2D eigenvalue weighted by Crippen LogP contribution is 2.22. The molecule has 0 aromatic heterocycles. The molecule has 2 rings (SSSR count). The van der Waals surface area contributed by atoms with Crippen molar-refractivity contribution in [1.29, 1.82) is 0 Å². The maximum absolute atomic E-state index is 11.9. The first kappa shape index (κ1) is 16.8. The van der Waals surface area contributed by atoms with Crippen LogP contribution in [0.4, 0.5) is 16.2 Å². The Bertz CT molecular complexity index is 689. The van der Waals surface area contributed by atoms with Crippen LogP contribution in [-0.4, -0.2) is 18.5 Å². The summed E-state index contributed by atoms with van der Waals surface area (Å²) in [6, 6.07) is 14.1. The zero-order valence-corrected chi connectivity index (χ0v) is 13.5. The predicted molar refractivity (Wildman–Crippen MR) is 92.9 cm³/mol. The molecule has 0 spiro atoms. The van der Waals surface area contributed by atoms with Crippen molar-refractivity contribution >= 4 is 34.9 Å². The lowest BCUT2D eigenvalue weighted by atomic mass is 10.2. The van der Waals surface area contributed by atoms with E-state index in [0.717, 1.165) is 5.56 Å². The summed E-state index contributed by atoms with van der Waals surface area (Å²) in [4.78, 5) is 23.6. The van der Waals surface area contributed by atoms with Crippen LogP contribution in [0, 0.1) is 6.92 Å². The van der Waals surface area contributed by atoms with Crippen LogP contribution in [0.5, 0.6) is 0 Å². The first-order valence-corrected chi connectivity index (χ1v) is 7.59. The smallest absolute Gasteiger partial charge is 0.319 e. The minimum atomic E-state index is -0.345. The summed E-state index contributed by atoms with van der Waals surface area (Å²) in [5.74, 6) is -0.185. The molecule has 23 heavy (non-hydrogen) atoms.